The quantitative estimate of drug-likeness (QED) is 0.646. The Balaban J connectivity index is 1.99. The Bertz CT molecular complexity index is 268. The van der Waals surface area contributed by atoms with Crippen molar-refractivity contribution in [2.24, 2.45) is 5.92 Å². The predicted octanol–water partition coefficient (Wildman–Crippen LogP) is 0.647. The number of ketones is 1. The van der Waals surface area contributed by atoms with Crippen LogP contribution in [0.5, 0.6) is 0 Å². The monoisotopic (exact) mass is 165 g/mol. The second-order valence-corrected chi connectivity index (χ2v) is 3.17. The van der Waals surface area contributed by atoms with Crippen LogP contribution in [0.3, 0.4) is 0 Å². The maximum Gasteiger partial charge on any atom is 0.137 e. The van der Waals surface area contributed by atoms with Crippen molar-refractivity contribution in [1.29, 1.82) is 0 Å². The summed E-state index contributed by atoms with van der Waals surface area (Å²) in [4.78, 5) is 15.1. The first kappa shape index (κ1) is 7.46. The van der Waals surface area contributed by atoms with Crippen LogP contribution in [-0.4, -0.2) is 20.5 Å². The molecular formula is C8H11N3O. The lowest BCUT2D eigenvalue weighted by Gasteiger charge is -2.05. The molecule has 0 saturated heterocycles. The number of hydrogen-bond acceptors (Lipinski definition) is 3. The molecule has 0 bridgehead atoms. The molecule has 1 aliphatic carbocycles. The average molecular weight is 165 g/mol. The molecule has 0 spiro atoms. The summed E-state index contributed by atoms with van der Waals surface area (Å²) in [6, 6.07) is 0. The number of hydrogen-bond donors (Lipinski definition) is 0. The van der Waals surface area contributed by atoms with E-state index in [-0.39, 0.29) is 5.92 Å². The van der Waals surface area contributed by atoms with E-state index in [4.69, 9.17) is 0 Å². The molecule has 0 aliphatic heterocycles. The van der Waals surface area contributed by atoms with Crippen molar-refractivity contribution in [3.05, 3.63) is 12.7 Å². The van der Waals surface area contributed by atoms with Gasteiger partial charge in [0.25, 0.3) is 0 Å². The average Bonchev–Trinajstić information content (AvgIpc) is 2.65. The number of rotatable bonds is 2. The number of carbonyl (C=O) groups is 1. The molecule has 12 heavy (non-hydrogen) atoms. The van der Waals surface area contributed by atoms with Crippen molar-refractivity contribution in [1.82, 2.24) is 14.8 Å². The summed E-state index contributed by atoms with van der Waals surface area (Å²) in [7, 11) is 0. The van der Waals surface area contributed by atoms with Crippen LogP contribution >= 0.6 is 0 Å². The van der Waals surface area contributed by atoms with Crippen LogP contribution in [0, 0.1) is 5.92 Å². The first-order valence-corrected chi connectivity index (χ1v) is 4.21. The Labute approximate surface area is 70.6 Å². The van der Waals surface area contributed by atoms with Gasteiger partial charge in [0.15, 0.2) is 0 Å². The fraction of sp³-hybridized carbons (Fsp3) is 0.625. The minimum absolute atomic E-state index is 0.187. The Kier molecular flexibility index (Phi) is 1.89. The van der Waals surface area contributed by atoms with Gasteiger partial charge in [-0.25, -0.2) is 4.98 Å². The van der Waals surface area contributed by atoms with Crippen LogP contribution in [0.15, 0.2) is 12.7 Å². The molecule has 1 aromatic heterocycles. The van der Waals surface area contributed by atoms with Crippen LogP contribution in [0.4, 0.5) is 0 Å². The number of aromatic nitrogens is 3. The maximum absolute atomic E-state index is 11.2. The fourth-order valence-corrected chi connectivity index (χ4v) is 1.63. The van der Waals surface area contributed by atoms with Crippen molar-refractivity contribution < 1.29 is 4.79 Å². The summed E-state index contributed by atoms with van der Waals surface area (Å²) in [5.41, 5.74) is 0. The smallest absolute Gasteiger partial charge is 0.137 e. The second kappa shape index (κ2) is 3.05. The van der Waals surface area contributed by atoms with Gasteiger partial charge < -0.3 is 0 Å². The third kappa shape index (κ3) is 1.37. The van der Waals surface area contributed by atoms with E-state index in [1.165, 1.54) is 6.33 Å². The van der Waals surface area contributed by atoms with Gasteiger partial charge in [0.2, 0.25) is 0 Å². The fourth-order valence-electron chi connectivity index (χ4n) is 1.63. The molecule has 0 N–H and O–H groups in total. The van der Waals surface area contributed by atoms with Gasteiger partial charge in [-0.2, -0.15) is 5.10 Å². The standard InChI is InChI=1S/C8H11N3O/c12-8-3-1-2-7(8)4-11-6-9-5-10-11/h5-7H,1-4H2/t7-/m1/s1. The lowest BCUT2D eigenvalue weighted by molar-refractivity contribution is -0.121. The maximum atomic E-state index is 11.2. The first-order chi connectivity index (χ1) is 5.86. The van der Waals surface area contributed by atoms with Gasteiger partial charge in [-0.15, -0.1) is 0 Å². The highest BCUT2D eigenvalue weighted by Crippen LogP contribution is 2.22. The van der Waals surface area contributed by atoms with E-state index < -0.39 is 0 Å². The molecule has 2 rings (SSSR count). The lowest BCUT2D eigenvalue weighted by atomic mass is 10.1. The zero-order valence-electron chi connectivity index (χ0n) is 6.81. The summed E-state index contributed by atoms with van der Waals surface area (Å²) in [5, 5.41) is 3.97. The normalized spacial score (nSPS) is 23.3. The highest BCUT2D eigenvalue weighted by Gasteiger charge is 2.24. The van der Waals surface area contributed by atoms with Crippen LogP contribution in [0.2, 0.25) is 0 Å². The molecule has 1 heterocycles. The van der Waals surface area contributed by atoms with Gasteiger partial charge in [0.1, 0.15) is 18.4 Å². The first-order valence-electron chi connectivity index (χ1n) is 4.21. The lowest BCUT2D eigenvalue weighted by Crippen LogP contribution is -2.14. The van der Waals surface area contributed by atoms with E-state index in [9.17, 15) is 4.79 Å². The van der Waals surface area contributed by atoms with E-state index in [1.54, 1.807) is 11.0 Å². The Morgan fingerprint density at radius 3 is 3.17 bits per heavy atom. The third-order valence-electron chi connectivity index (χ3n) is 2.31. The predicted molar refractivity (Wildman–Crippen MR) is 42.4 cm³/mol. The highest BCUT2D eigenvalue weighted by atomic mass is 16.1. The molecule has 0 radical (unpaired) electrons. The molecule has 1 aromatic rings. The van der Waals surface area contributed by atoms with Gasteiger partial charge in [0, 0.05) is 12.3 Å². The van der Waals surface area contributed by atoms with E-state index in [2.05, 4.69) is 10.1 Å². The number of carbonyl (C=O) groups excluding carboxylic acids is 1. The molecule has 4 heteroatoms. The molecular weight excluding hydrogens is 154 g/mol. The molecule has 1 fully saturated rings. The van der Waals surface area contributed by atoms with E-state index in [1.807, 2.05) is 0 Å². The Hall–Kier alpha value is -1.19. The zero-order chi connectivity index (χ0) is 8.39. The minimum atomic E-state index is 0.187. The second-order valence-electron chi connectivity index (χ2n) is 3.17. The molecule has 64 valence electrons. The van der Waals surface area contributed by atoms with Crippen molar-refractivity contribution in [2.75, 3.05) is 0 Å². The third-order valence-corrected chi connectivity index (χ3v) is 2.31. The summed E-state index contributed by atoms with van der Waals surface area (Å²) < 4.78 is 1.73. The van der Waals surface area contributed by atoms with Crippen LogP contribution in [-0.2, 0) is 11.3 Å². The molecule has 0 amide bonds. The Morgan fingerprint density at radius 1 is 1.67 bits per heavy atom. The molecule has 1 saturated carbocycles. The van der Waals surface area contributed by atoms with Gasteiger partial charge in [-0.1, -0.05) is 0 Å². The summed E-state index contributed by atoms with van der Waals surface area (Å²) in [5.74, 6) is 0.567. The van der Waals surface area contributed by atoms with E-state index in [0.29, 0.717) is 12.3 Å². The van der Waals surface area contributed by atoms with E-state index >= 15 is 0 Å². The van der Waals surface area contributed by atoms with Gasteiger partial charge in [0.05, 0.1) is 6.54 Å². The van der Waals surface area contributed by atoms with Crippen LogP contribution < -0.4 is 0 Å². The van der Waals surface area contributed by atoms with E-state index in [0.717, 1.165) is 19.3 Å². The minimum Gasteiger partial charge on any atom is -0.299 e. The molecule has 1 atom stereocenters. The number of nitrogens with zero attached hydrogens (tertiary/aromatic N) is 3. The molecule has 4 nitrogen and oxygen atoms in total. The Morgan fingerprint density at radius 2 is 2.58 bits per heavy atom. The molecule has 1 aliphatic rings. The van der Waals surface area contributed by atoms with Crippen molar-refractivity contribution in [3.8, 4) is 0 Å². The largest absolute Gasteiger partial charge is 0.299 e. The van der Waals surface area contributed by atoms with Gasteiger partial charge in [-0.05, 0) is 12.8 Å². The van der Waals surface area contributed by atoms with Crippen LogP contribution in [0.25, 0.3) is 0 Å². The van der Waals surface area contributed by atoms with Crippen molar-refractivity contribution >= 4 is 5.78 Å². The van der Waals surface area contributed by atoms with Gasteiger partial charge in [-0.3, -0.25) is 9.48 Å². The SMILES string of the molecule is O=C1CCC[C@@H]1Cn1cncn1. The summed E-state index contributed by atoms with van der Waals surface area (Å²) >= 11 is 0. The van der Waals surface area contributed by atoms with Gasteiger partial charge >= 0.3 is 0 Å². The van der Waals surface area contributed by atoms with Crippen molar-refractivity contribution in [2.45, 2.75) is 25.8 Å². The van der Waals surface area contributed by atoms with Crippen LogP contribution in [0.1, 0.15) is 19.3 Å². The summed E-state index contributed by atoms with van der Waals surface area (Å²) in [6.45, 7) is 0.707. The molecule has 0 aromatic carbocycles. The molecule has 0 unspecified atom stereocenters. The zero-order valence-corrected chi connectivity index (χ0v) is 6.81. The highest BCUT2D eigenvalue weighted by molar-refractivity contribution is 5.82. The topological polar surface area (TPSA) is 47.8 Å². The van der Waals surface area contributed by atoms with Crippen molar-refractivity contribution in [3.63, 3.8) is 0 Å². The summed E-state index contributed by atoms with van der Waals surface area (Å²) in [6.07, 6.45) is 5.96. The number of Topliss-reactive ketones (excluding diaryl/α,β-unsaturated/α-hetero) is 1.